The van der Waals surface area contributed by atoms with Gasteiger partial charge in [-0.25, -0.2) is 17.1 Å². The molecule has 37 heavy (non-hydrogen) atoms. The molecule has 0 fully saturated rings. The molecular weight excluding hydrogens is 505 g/mol. The average Bonchev–Trinajstić information content (AvgIpc) is 2.82. The van der Waals surface area contributed by atoms with Gasteiger partial charge >= 0.3 is 0 Å². The van der Waals surface area contributed by atoms with E-state index < -0.39 is 45.3 Å². The van der Waals surface area contributed by atoms with Crippen molar-refractivity contribution < 1.29 is 27.5 Å². The number of carbonyl (C=O) groups is 2. The minimum absolute atomic E-state index is 0.0583. The smallest absolute Gasteiger partial charge is 0.268 e. The largest absolute Gasteiger partial charge is 0.505 e. The number of hydrogen-bond acceptors (Lipinski definition) is 7. The van der Waals surface area contributed by atoms with Gasteiger partial charge in [-0.1, -0.05) is 12.1 Å². The van der Waals surface area contributed by atoms with Crippen LogP contribution in [0.3, 0.4) is 0 Å². The Morgan fingerprint density at radius 2 is 1.78 bits per heavy atom. The van der Waals surface area contributed by atoms with Crippen molar-refractivity contribution in [2.45, 2.75) is 13.0 Å². The fourth-order valence-corrected chi connectivity index (χ4v) is 3.92. The number of nitrogens with one attached hydrogen (secondary N) is 1. The lowest BCUT2D eigenvalue weighted by atomic mass is 10.1. The third-order valence-corrected chi connectivity index (χ3v) is 7.07. The third-order valence-electron chi connectivity index (χ3n) is 5.75. The van der Waals surface area contributed by atoms with Gasteiger partial charge in [0, 0.05) is 40.4 Å². The Morgan fingerprint density at radius 3 is 2.38 bits per heavy atom. The van der Waals surface area contributed by atoms with Crippen molar-refractivity contribution in [3.63, 3.8) is 0 Å². The minimum Gasteiger partial charge on any atom is -0.505 e. The van der Waals surface area contributed by atoms with Crippen LogP contribution in [0.2, 0.25) is 0 Å². The first-order valence-electron chi connectivity index (χ1n) is 11.2. The molecule has 13 heteroatoms. The lowest BCUT2D eigenvalue weighted by Gasteiger charge is -2.18. The molecule has 1 aromatic carbocycles. The highest BCUT2D eigenvalue weighted by Gasteiger charge is 2.25. The summed E-state index contributed by atoms with van der Waals surface area (Å²) in [5.74, 6) is -2.40. The molecule has 0 saturated heterocycles. The SMILES string of the molecule is CN(C)C(=O)Cn1c(=O)c(C(=O)NCCN(C)S(C)(=O)=O)c(O)c2ncc(Cc3ccc(F)cc3)cc21. The van der Waals surface area contributed by atoms with Crippen molar-refractivity contribution in [1.82, 2.24) is 24.1 Å². The van der Waals surface area contributed by atoms with Gasteiger partial charge in [0.2, 0.25) is 15.9 Å². The highest BCUT2D eigenvalue weighted by Crippen LogP contribution is 2.26. The quantitative estimate of drug-likeness (QED) is 0.409. The molecule has 0 aliphatic carbocycles. The van der Waals surface area contributed by atoms with Crippen LogP contribution in [0.4, 0.5) is 4.39 Å². The van der Waals surface area contributed by atoms with E-state index in [4.69, 9.17) is 0 Å². The lowest BCUT2D eigenvalue weighted by Crippen LogP contribution is -2.39. The third kappa shape index (κ3) is 6.49. The Labute approximate surface area is 213 Å². The molecule has 0 saturated carbocycles. The standard InChI is InChI=1S/C24H28FN5O6S/c1-28(2)19(31)14-30-18-12-16(11-15-5-7-17(25)8-6-15)13-27-21(18)22(32)20(24(30)34)23(33)26-9-10-29(3)37(4,35)36/h5-8,12-13,32H,9-11,14H2,1-4H3,(H,26,33). The maximum Gasteiger partial charge on any atom is 0.268 e. The first kappa shape index (κ1) is 27.7. The second-order valence-electron chi connectivity index (χ2n) is 8.76. The van der Waals surface area contributed by atoms with Crippen molar-refractivity contribution in [2.24, 2.45) is 0 Å². The highest BCUT2D eigenvalue weighted by molar-refractivity contribution is 7.88. The van der Waals surface area contributed by atoms with Gasteiger partial charge in [-0.15, -0.1) is 0 Å². The van der Waals surface area contributed by atoms with Gasteiger partial charge in [0.05, 0.1) is 11.8 Å². The van der Waals surface area contributed by atoms with Crippen molar-refractivity contribution in [3.8, 4) is 5.75 Å². The van der Waals surface area contributed by atoms with Gasteiger partial charge < -0.3 is 15.3 Å². The molecule has 2 amide bonds. The van der Waals surface area contributed by atoms with E-state index in [1.807, 2.05) is 0 Å². The molecule has 2 heterocycles. The van der Waals surface area contributed by atoms with E-state index in [1.54, 1.807) is 18.2 Å². The van der Waals surface area contributed by atoms with Crippen LogP contribution in [0.5, 0.6) is 5.75 Å². The monoisotopic (exact) mass is 533 g/mol. The summed E-state index contributed by atoms with van der Waals surface area (Å²) < 4.78 is 38.4. The van der Waals surface area contributed by atoms with Crippen molar-refractivity contribution in [3.05, 3.63) is 69.4 Å². The van der Waals surface area contributed by atoms with Gasteiger partial charge in [-0.2, -0.15) is 0 Å². The number of halogens is 1. The number of sulfonamides is 1. The summed E-state index contributed by atoms with van der Waals surface area (Å²) >= 11 is 0. The summed E-state index contributed by atoms with van der Waals surface area (Å²) in [7, 11) is 0.892. The number of carbonyl (C=O) groups excluding carboxylic acids is 2. The normalized spacial score (nSPS) is 11.6. The zero-order valence-electron chi connectivity index (χ0n) is 20.9. The summed E-state index contributed by atoms with van der Waals surface area (Å²) in [5.41, 5.74) is -0.0297. The van der Waals surface area contributed by atoms with Crippen LogP contribution in [-0.2, 0) is 27.8 Å². The first-order valence-corrected chi connectivity index (χ1v) is 13.0. The predicted molar refractivity (Wildman–Crippen MR) is 135 cm³/mol. The number of likely N-dealkylation sites (N-methyl/N-ethyl adjacent to an activating group) is 2. The summed E-state index contributed by atoms with van der Waals surface area (Å²) in [6.07, 6.45) is 2.81. The van der Waals surface area contributed by atoms with Crippen LogP contribution in [-0.4, -0.2) is 84.6 Å². The van der Waals surface area contributed by atoms with Gasteiger partial charge in [0.25, 0.3) is 11.5 Å². The predicted octanol–water partition coefficient (Wildman–Crippen LogP) is 0.541. The minimum atomic E-state index is -3.47. The van der Waals surface area contributed by atoms with Gasteiger partial charge in [-0.3, -0.25) is 23.9 Å². The molecule has 2 aromatic heterocycles. The van der Waals surface area contributed by atoms with Crippen LogP contribution >= 0.6 is 0 Å². The number of rotatable bonds is 9. The van der Waals surface area contributed by atoms with Gasteiger partial charge in [0.15, 0.2) is 5.75 Å². The Morgan fingerprint density at radius 1 is 1.14 bits per heavy atom. The zero-order chi connectivity index (χ0) is 27.5. The number of hydrogen-bond donors (Lipinski definition) is 2. The molecule has 11 nitrogen and oxygen atoms in total. The maximum atomic E-state index is 13.4. The van der Waals surface area contributed by atoms with Crippen molar-refractivity contribution >= 4 is 32.9 Å². The molecule has 0 atom stereocenters. The van der Waals surface area contributed by atoms with E-state index in [0.29, 0.717) is 12.0 Å². The van der Waals surface area contributed by atoms with Gasteiger partial charge in [0.1, 0.15) is 23.4 Å². The fraction of sp³-hybridized carbons (Fsp3) is 0.333. The Hall–Kier alpha value is -3.84. The lowest BCUT2D eigenvalue weighted by molar-refractivity contribution is -0.129. The molecule has 3 aromatic rings. The molecule has 0 bridgehead atoms. The molecule has 0 aliphatic rings. The van der Waals surface area contributed by atoms with E-state index >= 15 is 0 Å². The fourth-order valence-electron chi connectivity index (χ4n) is 3.50. The van der Waals surface area contributed by atoms with Crippen LogP contribution in [0.1, 0.15) is 21.5 Å². The maximum absolute atomic E-state index is 13.4. The number of pyridine rings is 2. The van der Waals surface area contributed by atoms with E-state index in [1.165, 1.54) is 44.4 Å². The van der Waals surface area contributed by atoms with Crippen molar-refractivity contribution in [1.29, 1.82) is 0 Å². The molecule has 3 rings (SSSR count). The molecular formula is C24H28FN5O6S. The highest BCUT2D eigenvalue weighted by atomic mass is 32.2. The molecule has 0 radical (unpaired) electrons. The number of nitrogens with zero attached hydrogens (tertiary/aromatic N) is 4. The van der Waals surface area contributed by atoms with Crippen molar-refractivity contribution in [2.75, 3.05) is 40.5 Å². The summed E-state index contributed by atoms with van der Waals surface area (Å²) in [5, 5.41) is 13.3. The molecule has 0 spiro atoms. The van der Waals surface area contributed by atoms with Crippen LogP contribution in [0.15, 0.2) is 41.3 Å². The topological polar surface area (TPSA) is 142 Å². The van der Waals surface area contributed by atoms with E-state index in [0.717, 1.165) is 20.7 Å². The average molecular weight is 534 g/mol. The zero-order valence-corrected chi connectivity index (χ0v) is 21.7. The summed E-state index contributed by atoms with van der Waals surface area (Å²) in [6, 6.07) is 7.43. The number of benzene rings is 1. The first-order chi connectivity index (χ1) is 17.3. The van der Waals surface area contributed by atoms with Gasteiger partial charge in [-0.05, 0) is 35.7 Å². The van der Waals surface area contributed by atoms with Crippen LogP contribution < -0.4 is 10.9 Å². The van der Waals surface area contributed by atoms with Crippen LogP contribution in [0.25, 0.3) is 11.0 Å². The number of fused-ring (bicyclic) bond motifs is 1. The molecule has 2 N–H and O–H groups in total. The number of aromatic hydroxyl groups is 1. The van der Waals surface area contributed by atoms with E-state index in [9.17, 15) is 32.3 Å². The Kier molecular flexibility index (Phi) is 8.28. The molecule has 198 valence electrons. The Balaban J connectivity index is 2.04. The number of amides is 2. The molecule has 0 unspecified atom stereocenters. The van der Waals surface area contributed by atoms with E-state index in [2.05, 4.69) is 10.3 Å². The second kappa shape index (κ2) is 11.0. The van der Waals surface area contributed by atoms with E-state index in [-0.39, 0.29) is 29.9 Å². The summed E-state index contributed by atoms with van der Waals surface area (Å²) in [6.45, 7) is -0.599. The van der Waals surface area contributed by atoms with Crippen LogP contribution in [0, 0.1) is 5.82 Å². The second-order valence-corrected chi connectivity index (χ2v) is 10.8. The number of aromatic nitrogens is 2. The Bertz CT molecular complexity index is 1500. The molecule has 0 aliphatic heterocycles. The summed E-state index contributed by atoms with van der Waals surface area (Å²) in [4.78, 5) is 44.3.